The first-order valence-electron chi connectivity index (χ1n) is 24.9. The molecule has 0 bridgehead atoms. The average molecular weight is 811 g/mol. The third-order valence-corrected chi connectivity index (χ3v) is 19.0. The van der Waals surface area contributed by atoms with Crippen LogP contribution in [0, 0.1) is 0 Å². The van der Waals surface area contributed by atoms with Gasteiger partial charge in [0, 0.05) is 0 Å². The Morgan fingerprint density at radius 2 is 0.618 bits per heavy atom. The number of rotatable bonds is 41. The molecule has 1 rings (SSSR count). The van der Waals surface area contributed by atoms with Gasteiger partial charge in [-0.2, -0.15) is 8.42 Å². The molecule has 5 heteroatoms. The molecule has 0 saturated carbocycles. The standard InChI is InChI=1S/C32H69P.C18H30O3S/c1-5-9-13-17-21-25-29-33(30-26-22-18-14-10-6-2,31-27-23-19-15-11-7-3)32-28-24-20-16-12-8-4;1-2-3-4-5-6-7-8-9-10-14-17-21-22(19,20)18-15-12-11-13-16-18/h33H,5-32H2,1-4H3;11-13,15-16H,2-10,14,17H2,1H3. The number of benzene rings is 1. The molecule has 1 aromatic carbocycles. The van der Waals surface area contributed by atoms with E-state index in [1.54, 1.807) is 80.7 Å². The second-order valence-corrected chi connectivity index (χ2v) is 24.0. The molecule has 0 unspecified atom stereocenters. The van der Waals surface area contributed by atoms with E-state index in [1.165, 1.54) is 180 Å². The summed E-state index contributed by atoms with van der Waals surface area (Å²) in [5.74, 6) is 0. The van der Waals surface area contributed by atoms with Crippen LogP contribution < -0.4 is 0 Å². The number of unbranched alkanes of at least 4 members (excludes halogenated alkanes) is 29. The van der Waals surface area contributed by atoms with E-state index in [9.17, 15) is 8.42 Å². The van der Waals surface area contributed by atoms with E-state index in [0.717, 1.165) is 12.8 Å². The summed E-state index contributed by atoms with van der Waals surface area (Å²) in [4.78, 5) is 0.238. The van der Waals surface area contributed by atoms with Crippen molar-refractivity contribution in [3.05, 3.63) is 30.3 Å². The normalized spacial score (nSPS) is 12.2. The van der Waals surface area contributed by atoms with Gasteiger partial charge in [-0.25, -0.2) is 0 Å². The van der Waals surface area contributed by atoms with Gasteiger partial charge in [0.15, 0.2) is 0 Å². The fraction of sp³-hybridized carbons (Fsp3) is 0.880. The molecule has 328 valence electrons. The summed E-state index contributed by atoms with van der Waals surface area (Å²) in [6, 6.07) is 8.33. The van der Waals surface area contributed by atoms with Crippen molar-refractivity contribution in [1.29, 1.82) is 0 Å². The topological polar surface area (TPSA) is 43.4 Å². The van der Waals surface area contributed by atoms with Crippen molar-refractivity contribution in [3.63, 3.8) is 0 Å². The average Bonchev–Trinajstić information content (AvgIpc) is 3.19. The fourth-order valence-electron chi connectivity index (χ4n) is 8.28. The van der Waals surface area contributed by atoms with E-state index < -0.39 is 17.4 Å². The Hall–Kier alpha value is -0.440. The summed E-state index contributed by atoms with van der Waals surface area (Å²) >= 11 is 0. The van der Waals surface area contributed by atoms with E-state index in [4.69, 9.17) is 4.18 Å². The van der Waals surface area contributed by atoms with E-state index in [2.05, 4.69) is 34.6 Å². The molecule has 0 aliphatic heterocycles. The van der Waals surface area contributed by atoms with Gasteiger partial charge in [-0.3, -0.25) is 4.18 Å². The maximum absolute atomic E-state index is 11.9. The summed E-state index contributed by atoms with van der Waals surface area (Å²) < 4.78 is 28.8. The Morgan fingerprint density at radius 3 is 0.909 bits per heavy atom. The van der Waals surface area contributed by atoms with Crippen LogP contribution in [0.3, 0.4) is 0 Å². The van der Waals surface area contributed by atoms with Crippen molar-refractivity contribution < 1.29 is 12.6 Å². The summed E-state index contributed by atoms with van der Waals surface area (Å²) in [6.07, 6.45) is 54.6. The molecule has 55 heavy (non-hydrogen) atoms. The van der Waals surface area contributed by atoms with Crippen molar-refractivity contribution >= 4 is 17.4 Å². The minimum absolute atomic E-state index is 0.238. The second kappa shape index (κ2) is 41.7. The summed E-state index contributed by atoms with van der Waals surface area (Å²) in [7, 11) is -4.64. The molecule has 0 aliphatic rings. The molecule has 0 aromatic heterocycles. The quantitative estimate of drug-likeness (QED) is 0.0376. The SMILES string of the molecule is CCCCCCCCCCCCOS(=O)(=O)c1ccccc1.CCCCCCCC[PH](CCCCCCCC)(CCCCCCCC)CCCCCCCC. The Balaban J connectivity index is 0.00000115. The van der Waals surface area contributed by atoms with Crippen molar-refractivity contribution in [2.24, 2.45) is 0 Å². The molecule has 0 atom stereocenters. The van der Waals surface area contributed by atoms with Gasteiger partial charge in [-0.1, -0.05) is 82.9 Å². The Bertz CT molecular complexity index is 913. The first kappa shape index (κ1) is 54.6. The van der Waals surface area contributed by atoms with Gasteiger partial charge >= 0.3 is 214 Å². The number of hydrogen-bond donors (Lipinski definition) is 0. The van der Waals surface area contributed by atoms with Crippen LogP contribution >= 0.6 is 7.26 Å². The zero-order valence-electron chi connectivity index (χ0n) is 38.1. The van der Waals surface area contributed by atoms with Gasteiger partial charge in [0.1, 0.15) is 0 Å². The summed E-state index contributed by atoms with van der Waals surface area (Å²) in [6.45, 7) is 11.9. The van der Waals surface area contributed by atoms with Gasteiger partial charge < -0.3 is 0 Å². The van der Waals surface area contributed by atoms with E-state index in [1.807, 2.05) is 0 Å². The van der Waals surface area contributed by atoms with Gasteiger partial charge in [0.05, 0.1) is 11.5 Å². The van der Waals surface area contributed by atoms with Crippen molar-refractivity contribution in [1.82, 2.24) is 0 Å². The maximum atomic E-state index is 11.9. The van der Waals surface area contributed by atoms with Gasteiger partial charge in [0.2, 0.25) is 0 Å². The predicted molar refractivity (Wildman–Crippen MR) is 253 cm³/mol. The van der Waals surface area contributed by atoms with Gasteiger partial charge in [0.25, 0.3) is 10.1 Å². The second-order valence-electron chi connectivity index (χ2n) is 17.3. The molecular weight excluding hydrogens is 712 g/mol. The van der Waals surface area contributed by atoms with Gasteiger partial charge in [-0.05, 0) is 18.6 Å². The third kappa shape index (κ3) is 35.2. The van der Waals surface area contributed by atoms with E-state index in [0.29, 0.717) is 0 Å². The monoisotopic (exact) mass is 811 g/mol. The molecule has 0 N–H and O–H groups in total. The third-order valence-electron chi connectivity index (χ3n) is 12.0. The van der Waals surface area contributed by atoms with Crippen LogP contribution in [0.4, 0.5) is 0 Å². The summed E-state index contributed by atoms with van der Waals surface area (Å²) in [5, 5.41) is 0. The van der Waals surface area contributed by atoms with Crippen LogP contribution in [-0.2, 0) is 14.3 Å². The Labute approximate surface area is 348 Å². The first-order valence-corrected chi connectivity index (χ1v) is 29.1. The molecule has 3 nitrogen and oxygen atoms in total. The Morgan fingerprint density at radius 1 is 0.364 bits per heavy atom. The Kier molecular flexibility index (Phi) is 41.4. The van der Waals surface area contributed by atoms with Crippen LogP contribution in [0.15, 0.2) is 35.2 Å². The summed E-state index contributed by atoms with van der Waals surface area (Å²) in [5.41, 5.74) is 0. The fourth-order valence-corrected chi connectivity index (χ4v) is 14.7. The first-order chi connectivity index (χ1) is 26.9. The van der Waals surface area contributed by atoms with Crippen molar-refractivity contribution in [2.45, 2.75) is 258 Å². The zero-order valence-corrected chi connectivity index (χ0v) is 39.9. The molecule has 0 amide bonds. The van der Waals surface area contributed by atoms with Crippen LogP contribution in [0.5, 0.6) is 0 Å². The van der Waals surface area contributed by atoms with Gasteiger partial charge in [-0.15, -0.1) is 0 Å². The van der Waals surface area contributed by atoms with Crippen LogP contribution in [-0.4, -0.2) is 39.7 Å². The van der Waals surface area contributed by atoms with Crippen molar-refractivity contribution in [3.8, 4) is 0 Å². The molecule has 0 fully saturated rings. The predicted octanol–water partition coefficient (Wildman–Crippen LogP) is 17.5. The number of hydrogen-bond acceptors (Lipinski definition) is 3. The minimum atomic E-state index is -3.57. The molecular formula is C50H99O3PS. The molecule has 0 heterocycles. The molecule has 0 aliphatic carbocycles. The molecule has 0 radical (unpaired) electrons. The van der Waals surface area contributed by atoms with E-state index in [-0.39, 0.29) is 11.5 Å². The van der Waals surface area contributed by atoms with Crippen LogP contribution in [0.1, 0.15) is 253 Å². The molecule has 0 spiro atoms. The molecule has 0 saturated heterocycles. The van der Waals surface area contributed by atoms with Crippen LogP contribution in [0.2, 0.25) is 0 Å². The zero-order chi connectivity index (χ0) is 40.4. The van der Waals surface area contributed by atoms with E-state index >= 15 is 0 Å². The molecule has 1 aromatic rings. The van der Waals surface area contributed by atoms with Crippen molar-refractivity contribution in [2.75, 3.05) is 31.3 Å². The van der Waals surface area contributed by atoms with Crippen LogP contribution in [0.25, 0.3) is 0 Å².